The maximum Gasteiger partial charge on any atom is 0.335 e. The number of carboxylic acid groups (broad SMARTS) is 1. The molecule has 2 aromatic rings. The van der Waals surface area contributed by atoms with Gasteiger partial charge in [0.05, 0.1) is 5.56 Å². The molecule has 1 N–H and O–H groups in total. The van der Waals surface area contributed by atoms with Crippen molar-refractivity contribution in [3.8, 4) is 11.6 Å². The molecule has 0 saturated heterocycles. The molecule has 102 valence electrons. The summed E-state index contributed by atoms with van der Waals surface area (Å²) in [4.78, 5) is 15.5. The molecular weight excluding hydrogens is 254 g/mol. The number of rotatable bonds is 3. The average Bonchev–Trinajstić information content (AvgIpc) is 2.85. The molecule has 1 aliphatic rings. The molecule has 0 radical (unpaired) electrons. The molecule has 1 heterocycles. The van der Waals surface area contributed by atoms with E-state index in [4.69, 9.17) is 9.84 Å². The topological polar surface area (TPSA) is 59.4 Å². The van der Waals surface area contributed by atoms with Gasteiger partial charge >= 0.3 is 5.97 Å². The van der Waals surface area contributed by atoms with Gasteiger partial charge in [-0.2, -0.15) is 0 Å². The molecule has 1 aromatic heterocycles. The van der Waals surface area contributed by atoms with Crippen molar-refractivity contribution >= 4 is 5.97 Å². The standard InChI is InChI=1S/C16H15NO3/c1-10-9-12(6-7-13(10)16(18)19)20-15-8-5-11-3-2-4-14(11)17-15/h5-9H,2-4H2,1H3,(H,18,19). The fourth-order valence-electron chi connectivity index (χ4n) is 2.52. The second-order valence-electron chi connectivity index (χ2n) is 4.99. The van der Waals surface area contributed by atoms with Crippen LogP contribution in [0.25, 0.3) is 0 Å². The highest BCUT2D eigenvalue weighted by atomic mass is 16.5. The molecule has 1 aromatic carbocycles. The summed E-state index contributed by atoms with van der Waals surface area (Å²) in [5, 5.41) is 9.00. The Kier molecular flexibility index (Phi) is 3.14. The van der Waals surface area contributed by atoms with Gasteiger partial charge in [-0.3, -0.25) is 0 Å². The number of carboxylic acids is 1. The lowest BCUT2D eigenvalue weighted by molar-refractivity contribution is 0.0696. The van der Waals surface area contributed by atoms with Gasteiger partial charge in [-0.1, -0.05) is 6.07 Å². The number of nitrogens with zero attached hydrogens (tertiary/aromatic N) is 1. The smallest absolute Gasteiger partial charge is 0.335 e. The largest absolute Gasteiger partial charge is 0.478 e. The number of carbonyl (C=O) groups is 1. The third kappa shape index (κ3) is 2.37. The van der Waals surface area contributed by atoms with Gasteiger partial charge in [0.15, 0.2) is 0 Å². The lowest BCUT2D eigenvalue weighted by Crippen LogP contribution is -2.00. The predicted octanol–water partition coefficient (Wildman–Crippen LogP) is 3.37. The van der Waals surface area contributed by atoms with Crippen LogP contribution in [-0.2, 0) is 12.8 Å². The molecule has 3 rings (SSSR count). The summed E-state index contributed by atoms with van der Waals surface area (Å²) >= 11 is 0. The normalized spacial score (nSPS) is 13.1. The number of hydrogen-bond donors (Lipinski definition) is 1. The Bertz CT molecular complexity index is 679. The molecule has 0 aliphatic heterocycles. The molecule has 0 atom stereocenters. The summed E-state index contributed by atoms with van der Waals surface area (Å²) in [7, 11) is 0. The summed E-state index contributed by atoms with van der Waals surface area (Å²) in [5.41, 5.74) is 3.38. The second kappa shape index (κ2) is 4.96. The molecule has 0 fully saturated rings. The van der Waals surface area contributed by atoms with Crippen molar-refractivity contribution in [3.05, 3.63) is 52.7 Å². The Morgan fingerprint density at radius 1 is 1.25 bits per heavy atom. The molecule has 0 unspecified atom stereocenters. The fraction of sp³-hybridized carbons (Fsp3) is 0.250. The summed E-state index contributed by atoms with van der Waals surface area (Å²) in [5.74, 6) is 0.246. The number of hydrogen-bond acceptors (Lipinski definition) is 3. The van der Waals surface area contributed by atoms with E-state index in [1.54, 1.807) is 25.1 Å². The number of pyridine rings is 1. The lowest BCUT2D eigenvalue weighted by atomic mass is 10.1. The molecule has 1 aliphatic carbocycles. The van der Waals surface area contributed by atoms with Crippen LogP contribution in [0.3, 0.4) is 0 Å². The summed E-state index contributed by atoms with van der Waals surface area (Å²) in [6.07, 6.45) is 3.25. The van der Waals surface area contributed by atoms with Gasteiger partial charge in [-0.15, -0.1) is 0 Å². The van der Waals surface area contributed by atoms with Gasteiger partial charge in [0.1, 0.15) is 5.75 Å². The molecule has 0 saturated carbocycles. The lowest BCUT2D eigenvalue weighted by Gasteiger charge is -2.08. The zero-order valence-electron chi connectivity index (χ0n) is 11.2. The van der Waals surface area contributed by atoms with Crippen LogP contribution in [-0.4, -0.2) is 16.1 Å². The Hall–Kier alpha value is -2.36. The van der Waals surface area contributed by atoms with Crippen LogP contribution >= 0.6 is 0 Å². The Labute approximate surface area is 117 Å². The minimum absolute atomic E-state index is 0.291. The van der Waals surface area contributed by atoms with Gasteiger partial charge in [0.2, 0.25) is 5.88 Å². The zero-order chi connectivity index (χ0) is 14.1. The van der Waals surface area contributed by atoms with Crippen LogP contribution in [0.5, 0.6) is 11.6 Å². The van der Waals surface area contributed by atoms with Crippen molar-refractivity contribution < 1.29 is 14.6 Å². The van der Waals surface area contributed by atoms with Crippen molar-refractivity contribution in [1.82, 2.24) is 4.98 Å². The van der Waals surface area contributed by atoms with Crippen LogP contribution in [0.2, 0.25) is 0 Å². The fourth-order valence-corrected chi connectivity index (χ4v) is 2.52. The third-order valence-corrected chi connectivity index (χ3v) is 3.55. The highest BCUT2D eigenvalue weighted by Gasteiger charge is 2.13. The van der Waals surface area contributed by atoms with Crippen LogP contribution < -0.4 is 4.74 Å². The summed E-state index contributed by atoms with van der Waals surface area (Å²) in [6.45, 7) is 1.76. The molecule has 0 bridgehead atoms. The maximum atomic E-state index is 11.0. The van der Waals surface area contributed by atoms with Crippen LogP contribution in [0.15, 0.2) is 30.3 Å². The SMILES string of the molecule is Cc1cc(Oc2ccc3c(n2)CCC3)ccc1C(=O)O. The highest BCUT2D eigenvalue weighted by molar-refractivity contribution is 5.89. The first-order chi connectivity index (χ1) is 9.63. The minimum Gasteiger partial charge on any atom is -0.478 e. The Morgan fingerprint density at radius 3 is 2.85 bits per heavy atom. The van der Waals surface area contributed by atoms with E-state index >= 15 is 0 Å². The van der Waals surface area contributed by atoms with Crippen LogP contribution in [0.1, 0.15) is 33.6 Å². The number of fused-ring (bicyclic) bond motifs is 1. The summed E-state index contributed by atoms with van der Waals surface area (Å²) in [6, 6.07) is 8.86. The number of benzene rings is 1. The first-order valence-electron chi connectivity index (χ1n) is 6.64. The number of aromatic nitrogens is 1. The Morgan fingerprint density at radius 2 is 2.10 bits per heavy atom. The van der Waals surface area contributed by atoms with Gasteiger partial charge in [0.25, 0.3) is 0 Å². The van der Waals surface area contributed by atoms with E-state index in [-0.39, 0.29) is 0 Å². The second-order valence-corrected chi connectivity index (χ2v) is 4.99. The van der Waals surface area contributed by atoms with Crippen molar-refractivity contribution in [1.29, 1.82) is 0 Å². The predicted molar refractivity (Wildman–Crippen MR) is 74.5 cm³/mol. The van der Waals surface area contributed by atoms with E-state index in [1.807, 2.05) is 6.07 Å². The molecule has 20 heavy (non-hydrogen) atoms. The van der Waals surface area contributed by atoms with E-state index in [0.29, 0.717) is 22.8 Å². The van der Waals surface area contributed by atoms with Gasteiger partial charge in [-0.05, 0) is 55.5 Å². The van der Waals surface area contributed by atoms with Crippen molar-refractivity contribution in [3.63, 3.8) is 0 Å². The maximum absolute atomic E-state index is 11.0. The van der Waals surface area contributed by atoms with E-state index in [9.17, 15) is 4.79 Å². The highest BCUT2D eigenvalue weighted by Crippen LogP contribution is 2.26. The third-order valence-electron chi connectivity index (χ3n) is 3.55. The van der Waals surface area contributed by atoms with Gasteiger partial charge in [0, 0.05) is 11.8 Å². The van der Waals surface area contributed by atoms with E-state index in [2.05, 4.69) is 11.1 Å². The van der Waals surface area contributed by atoms with E-state index in [1.165, 1.54) is 5.56 Å². The molecular formula is C16H15NO3. The van der Waals surface area contributed by atoms with Crippen molar-refractivity contribution in [2.24, 2.45) is 0 Å². The molecule has 0 amide bonds. The first-order valence-corrected chi connectivity index (χ1v) is 6.64. The first kappa shape index (κ1) is 12.7. The van der Waals surface area contributed by atoms with E-state index < -0.39 is 5.97 Å². The monoisotopic (exact) mass is 269 g/mol. The van der Waals surface area contributed by atoms with E-state index in [0.717, 1.165) is 25.0 Å². The average molecular weight is 269 g/mol. The molecule has 0 spiro atoms. The van der Waals surface area contributed by atoms with Gasteiger partial charge in [-0.25, -0.2) is 9.78 Å². The number of aromatic carboxylic acids is 1. The van der Waals surface area contributed by atoms with Crippen molar-refractivity contribution in [2.75, 3.05) is 0 Å². The van der Waals surface area contributed by atoms with Crippen LogP contribution in [0.4, 0.5) is 0 Å². The number of ether oxygens (including phenoxy) is 1. The quantitative estimate of drug-likeness (QED) is 0.928. The zero-order valence-corrected chi connectivity index (χ0v) is 11.2. The molecule has 4 heteroatoms. The van der Waals surface area contributed by atoms with Crippen molar-refractivity contribution in [2.45, 2.75) is 26.2 Å². The number of aryl methyl sites for hydroxylation is 3. The van der Waals surface area contributed by atoms with Crippen LogP contribution in [0, 0.1) is 6.92 Å². The Balaban J connectivity index is 1.84. The molecule has 4 nitrogen and oxygen atoms in total. The summed E-state index contributed by atoms with van der Waals surface area (Å²) < 4.78 is 5.72. The van der Waals surface area contributed by atoms with Gasteiger partial charge < -0.3 is 9.84 Å². The minimum atomic E-state index is -0.926.